The molecule has 0 fully saturated rings. The molecule has 136 valence electrons. The predicted octanol–water partition coefficient (Wildman–Crippen LogP) is 2.21. The van der Waals surface area contributed by atoms with E-state index >= 15 is 0 Å². The molecule has 0 saturated carbocycles. The lowest BCUT2D eigenvalue weighted by molar-refractivity contribution is -0.384. The van der Waals surface area contributed by atoms with Crippen molar-refractivity contribution in [3.63, 3.8) is 0 Å². The Balaban J connectivity index is 1.60. The quantitative estimate of drug-likeness (QED) is 0.407. The van der Waals surface area contributed by atoms with Crippen LogP contribution in [0.1, 0.15) is 17.0 Å². The second kappa shape index (κ2) is 8.00. The molecule has 0 bridgehead atoms. The van der Waals surface area contributed by atoms with E-state index in [1.807, 2.05) is 31.2 Å². The molecule has 2 aromatic carbocycles. The number of benzene rings is 2. The second-order valence-electron chi connectivity index (χ2n) is 5.74. The third-order valence-electron chi connectivity index (χ3n) is 3.76. The molecule has 0 aliphatic carbocycles. The van der Waals surface area contributed by atoms with Crippen molar-refractivity contribution in [1.29, 1.82) is 0 Å². The number of carbonyl (C=O) groups excluding carboxylic acids is 1. The molecule has 0 atom stereocenters. The Morgan fingerprint density at radius 1 is 1.19 bits per heavy atom. The molecule has 27 heavy (non-hydrogen) atoms. The number of nitrogens with zero attached hydrogens (tertiary/aromatic N) is 5. The molecule has 0 saturated heterocycles. The summed E-state index contributed by atoms with van der Waals surface area (Å²) in [5.74, 6) is 0.169. The third-order valence-corrected chi connectivity index (χ3v) is 3.76. The van der Waals surface area contributed by atoms with Crippen LogP contribution in [-0.2, 0) is 11.3 Å². The highest BCUT2D eigenvalue weighted by Crippen LogP contribution is 2.13. The highest BCUT2D eigenvalue weighted by molar-refractivity contribution is 5.91. The van der Waals surface area contributed by atoms with Crippen LogP contribution in [0, 0.1) is 17.0 Å². The molecule has 0 aliphatic heterocycles. The fourth-order valence-corrected chi connectivity index (χ4v) is 2.31. The van der Waals surface area contributed by atoms with E-state index in [4.69, 9.17) is 0 Å². The van der Waals surface area contributed by atoms with E-state index < -0.39 is 4.92 Å². The number of hydrogen-bond donors (Lipinski definition) is 1. The van der Waals surface area contributed by atoms with Crippen molar-refractivity contribution in [3.8, 4) is 5.69 Å². The molecule has 1 N–H and O–H groups in total. The molecule has 1 aromatic heterocycles. The standard InChI is InChI=1S/C18H16N6O3/c1-13-2-7-15(8-3-13)23-17(20-21-22-23)12-19-18(25)11-6-14-4-9-16(10-5-14)24(26)27/h2-11H,12H2,1H3,(H,19,25)/b11-6-. The molecule has 9 nitrogen and oxygen atoms in total. The average molecular weight is 364 g/mol. The van der Waals surface area contributed by atoms with Gasteiger partial charge in [0.15, 0.2) is 5.82 Å². The zero-order chi connectivity index (χ0) is 19.2. The maximum absolute atomic E-state index is 12.0. The summed E-state index contributed by atoms with van der Waals surface area (Å²) in [6.45, 7) is 2.14. The Labute approximate surface area is 154 Å². The van der Waals surface area contributed by atoms with Gasteiger partial charge in [-0.2, -0.15) is 4.68 Å². The van der Waals surface area contributed by atoms with Gasteiger partial charge in [-0.25, -0.2) is 0 Å². The highest BCUT2D eigenvalue weighted by atomic mass is 16.6. The SMILES string of the molecule is Cc1ccc(-n2nnnc2CNC(=O)/C=C\c2ccc([N+](=O)[O-])cc2)cc1. The fraction of sp³-hybridized carbons (Fsp3) is 0.111. The number of carbonyl (C=O) groups is 1. The van der Waals surface area contributed by atoms with Gasteiger partial charge >= 0.3 is 0 Å². The fourth-order valence-electron chi connectivity index (χ4n) is 2.31. The highest BCUT2D eigenvalue weighted by Gasteiger charge is 2.09. The van der Waals surface area contributed by atoms with Crippen LogP contribution in [0.4, 0.5) is 5.69 Å². The number of rotatable bonds is 6. The van der Waals surface area contributed by atoms with Gasteiger partial charge in [0, 0.05) is 18.2 Å². The lowest BCUT2D eigenvalue weighted by Crippen LogP contribution is -2.22. The van der Waals surface area contributed by atoms with E-state index in [1.165, 1.54) is 18.2 Å². The molecule has 3 rings (SSSR count). The minimum atomic E-state index is -0.474. The molecule has 3 aromatic rings. The van der Waals surface area contributed by atoms with Crippen LogP contribution < -0.4 is 5.32 Å². The summed E-state index contributed by atoms with van der Waals surface area (Å²) in [5, 5.41) is 24.9. The topological polar surface area (TPSA) is 116 Å². The predicted molar refractivity (Wildman–Crippen MR) is 97.9 cm³/mol. The van der Waals surface area contributed by atoms with E-state index in [2.05, 4.69) is 20.8 Å². The zero-order valence-corrected chi connectivity index (χ0v) is 14.4. The molecule has 0 aliphatic rings. The Bertz CT molecular complexity index is 977. The summed E-state index contributed by atoms with van der Waals surface area (Å²) in [4.78, 5) is 22.1. The first-order valence-corrected chi connectivity index (χ1v) is 8.07. The van der Waals surface area contributed by atoms with Gasteiger partial charge in [-0.15, -0.1) is 5.10 Å². The van der Waals surface area contributed by atoms with Crippen LogP contribution in [0.2, 0.25) is 0 Å². The van der Waals surface area contributed by atoms with Gasteiger partial charge in [-0.05, 0) is 53.3 Å². The number of nitrogens with one attached hydrogen (secondary N) is 1. The van der Waals surface area contributed by atoms with E-state index in [9.17, 15) is 14.9 Å². The summed E-state index contributed by atoms with van der Waals surface area (Å²) >= 11 is 0. The van der Waals surface area contributed by atoms with Crippen molar-refractivity contribution in [3.05, 3.63) is 81.7 Å². The van der Waals surface area contributed by atoms with Crippen molar-refractivity contribution >= 4 is 17.7 Å². The first-order valence-electron chi connectivity index (χ1n) is 8.07. The van der Waals surface area contributed by atoms with Crippen LogP contribution in [0.25, 0.3) is 11.8 Å². The van der Waals surface area contributed by atoms with Gasteiger partial charge in [0.2, 0.25) is 5.91 Å². The number of nitro groups is 1. The summed E-state index contributed by atoms with van der Waals surface area (Å²) in [5.41, 5.74) is 2.61. The number of hydrogen-bond acceptors (Lipinski definition) is 6. The second-order valence-corrected chi connectivity index (χ2v) is 5.74. The molecule has 0 radical (unpaired) electrons. The van der Waals surface area contributed by atoms with Crippen molar-refractivity contribution < 1.29 is 9.72 Å². The van der Waals surface area contributed by atoms with E-state index in [-0.39, 0.29) is 18.1 Å². The molecule has 0 spiro atoms. The number of aryl methyl sites for hydroxylation is 1. The average Bonchev–Trinajstić information content (AvgIpc) is 3.14. The number of non-ortho nitro benzene ring substituents is 1. The van der Waals surface area contributed by atoms with Gasteiger partial charge in [0.25, 0.3) is 5.69 Å². The summed E-state index contributed by atoms with van der Waals surface area (Å²) < 4.78 is 1.56. The third kappa shape index (κ3) is 4.60. The Kier molecular flexibility index (Phi) is 5.31. The van der Waals surface area contributed by atoms with Crippen LogP contribution >= 0.6 is 0 Å². The minimum Gasteiger partial charge on any atom is -0.345 e. The Hall–Kier alpha value is -3.88. The van der Waals surface area contributed by atoms with Crippen LogP contribution in [0.3, 0.4) is 0 Å². The lowest BCUT2D eigenvalue weighted by Gasteiger charge is -2.05. The van der Waals surface area contributed by atoms with Crippen LogP contribution in [0.5, 0.6) is 0 Å². The Morgan fingerprint density at radius 2 is 1.89 bits per heavy atom. The van der Waals surface area contributed by atoms with Gasteiger partial charge in [0.05, 0.1) is 17.2 Å². The van der Waals surface area contributed by atoms with E-state index in [0.717, 1.165) is 11.3 Å². The summed E-state index contributed by atoms with van der Waals surface area (Å²) in [6.07, 6.45) is 2.92. The first-order chi connectivity index (χ1) is 13.0. The normalized spacial score (nSPS) is 10.9. The number of tetrazole rings is 1. The zero-order valence-electron chi connectivity index (χ0n) is 14.4. The Morgan fingerprint density at radius 3 is 2.56 bits per heavy atom. The molecule has 1 amide bonds. The number of aromatic nitrogens is 4. The molecule has 1 heterocycles. The van der Waals surface area contributed by atoms with Gasteiger partial charge in [-0.1, -0.05) is 17.7 Å². The number of nitro benzene ring substituents is 1. The molecule has 9 heteroatoms. The molecular weight excluding hydrogens is 348 g/mol. The van der Waals surface area contributed by atoms with E-state index in [0.29, 0.717) is 11.4 Å². The van der Waals surface area contributed by atoms with Crippen molar-refractivity contribution in [2.24, 2.45) is 0 Å². The monoisotopic (exact) mass is 364 g/mol. The van der Waals surface area contributed by atoms with Crippen LogP contribution in [-0.4, -0.2) is 31.0 Å². The smallest absolute Gasteiger partial charge is 0.269 e. The maximum Gasteiger partial charge on any atom is 0.269 e. The molecular formula is C18H16N6O3. The molecule has 0 unspecified atom stereocenters. The van der Waals surface area contributed by atoms with E-state index in [1.54, 1.807) is 22.9 Å². The van der Waals surface area contributed by atoms with Crippen molar-refractivity contribution in [2.75, 3.05) is 0 Å². The summed E-state index contributed by atoms with van der Waals surface area (Å²) in [7, 11) is 0. The van der Waals surface area contributed by atoms with Gasteiger partial charge in [0.1, 0.15) is 0 Å². The maximum atomic E-state index is 12.0. The van der Waals surface area contributed by atoms with Crippen molar-refractivity contribution in [1.82, 2.24) is 25.5 Å². The largest absolute Gasteiger partial charge is 0.345 e. The number of amides is 1. The van der Waals surface area contributed by atoms with Crippen LogP contribution in [0.15, 0.2) is 54.6 Å². The first kappa shape index (κ1) is 17.9. The van der Waals surface area contributed by atoms with Gasteiger partial charge < -0.3 is 5.32 Å². The lowest BCUT2D eigenvalue weighted by atomic mass is 10.2. The summed E-state index contributed by atoms with van der Waals surface area (Å²) in [6, 6.07) is 13.6. The minimum absolute atomic E-state index is 0.000423. The van der Waals surface area contributed by atoms with Crippen molar-refractivity contribution in [2.45, 2.75) is 13.5 Å². The van der Waals surface area contributed by atoms with Gasteiger partial charge in [-0.3, -0.25) is 14.9 Å².